The minimum Gasteiger partial charge on any atom is -0.308 e. The van der Waals surface area contributed by atoms with Crippen molar-refractivity contribution in [2.24, 2.45) is 0 Å². The number of fused-ring (bicyclic) bond motifs is 1. The van der Waals surface area contributed by atoms with Crippen molar-refractivity contribution in [3.05, 3.63) is 59.9 Å². The number of nitrogens with zero attached hydrogens (tertiary/aromatic N) is 2. The number of aromatic nitrogens is 1. The van der Waals surface area contributed by atoms with Crippen LogP contribution in [0.2, 0.25) is 0 Å². The van der Waals surface area contributed by atoms with Crippen LogP contribution in [-0.4, -0.2) is 17.4 Å². The molecule has 3 nitrogen and oxygen atoms in total. The maximum absolute atomic E-state index is 12.4. The molecule has 1 aromatic carbocycles. The number of amides is 1. The maximum atomic E-state index is 12.4. The summed E-state index contributed by atoms with van der Waals surface area (Å²) in [4.78, 5) is 18.3. The molecule has 0 aliphatic carbocycles. The molecule has 1 amide bonds. The molecule has 2 heterocycles. The van der Waals surface area contributed by atoms with E-state index in [0.29, 0.717) is 6.54 Å². The Morgan fingerprint density at radius 3 is 2.79 bits per heavy atom. The van der Waals surface area contributed by atoms with Gasteiger partial charge in [0.05, 0.1) is 5.69 Å². The van der Waals surface area contributed by atoms with Gasteiger partial charge in [-0.2, -0.15) is 0 Å². The predicted molar refractivity (Wildman–Crippen MR) is 76.6 cm³/mol. The first-order chi connectivity index (χ1) is 9.31. The number of pyridine rings is 1. The van der Waals surface area contributed by atoms with Crippen molar-refractivity contribution >= 4 is 23.2 Å². The Bertz CT molecular complexity index is 647. The molecule has 3 rings (SSSR count). The highest BCUT2D eigenvalue weighted by molar-refractivity contribution is 6.35. The normalized spacial score (nSPS) is 15.9. The van der Waals surface area contributed by atoms with Crippen LogP contribution in [0.1, 0.15) is 18.1 Å². The van der Waals surface area contributed by atoms with E-state index in [9.17, 15) is 4.79 Å². The lowest BCUT2D eigenvalue weighted by Gasteiger charge is -2.13. The molecule has 94 valence electrons. The second-order valence-corrected chi connectivity index (χ2v) is 4.41. The Hall–Kier alpha value is -2.42. The first kappa shape index (κ1) is 11.7. The molecule has 0 bridgehead atoms. The maximum Gasteiger partial charge on any atom is 0.258 e. The van der Waals surface area contributed by atoms with E-state index in [2.05, 4.69) is 4.98 Å². The minimum absolute atomic E-state index is 0.0625. The number of hydrogen-bond acceptors (Lipinski definition) is 2. The van der Waals surface area contributed by atoms with Gasteiger partial charge in [-0.25, -0.2) is 0 Å². The Morgan fingerprint density at radius 2 is 2.05 bits per heavy atom. The van der Waals surface area contributed by atoms with Gasteiger partial charge in [0.1, 0.15) is 0 Å². The molecule has 3 heteroatoms. The second kappa shape index (κ2) is 4.69. The predicted octanol–water partition coefficient (Wildman–Crippen LogP) is 2.99. The summed E-state index contributed by atoms with van der Waals surface area (Å²) in [5.41, 5.74) is 3.67. The van der Waals surface area contributed by atoms with E-state index in [4.69, 9.17) is 0 Å². The topological polar surface area (TPSA) is 33.2 Å². The van der Waals surface area contributed by atoms with Crippen LogP contribution in [0, 0.1) is 0 Å². The number of benzene rings is 1. The van der Waals surface area contributed by atoms with E-state index in [0.717, 1.165) is 22.4 Å². The molecule has 1 aromatic heterocycles. The van der Waals surface area contributed by atoms with E-state index in [-0.39, 0.29) is 5.91 Å². The van der Waals surface area contributed by atoms with Gasteiger partial charge in [-0.05, 0) is 30.7 Å². The van der Waals surface area contributed by atoms with Crippen LogP contribution >= 0.6 is 0 Å². The number of anilines is 1. The van der Waals surface area contributed by atoms with Crippen molar-refractivity contribution in [1.29, 1.82) is 0 Å². The quantitative estimate of drug-likeness (QED) is 0.768. The minimum atomic E-state index is 0.0625. The average Bonchev–Trinajstić information content (AvgIpc) is 2.73. The fraction of sp³-hybridized carbons (Fsp3) is 0.125. The van der Waals surface area contributed by atoms with Gasteiger partial charge in [0.15, 0.2) is 0 Å². The number of rotatable bonds is 2. The summed E-state index contributed by atoms with van der Waals surface area (Å²) in [6, 6.07) is 11.7. The van der Waals surface area contributed by atoms with E-state index in [1.165, 1.54) is 0 Å². The van der Waals surface area contributed by atoms with Crippen molar-refractivity contribution in [1.82, 2.24) is 4.98 Å². The third kappa shape index (κ3) is 1.93. The Morgan fingerprint density at radius 1 is 1.21 bits per heavy atom. The largest absolute Gasteiger partial charge is 0.308 e. The second-order valence-electron chi connectivity index (χ2n) is 4.41. The lowest BCUT2D eigenvalue weighted by molar-refractivity contribution is -0.112. The number of carbonyl (C=O) groups excluding carboxylic acids is 1. The summed E-state index contributed by atoms with van der Waals surface area (Å²) < 4.78 is 0. The summed E-state index contributed by atoms with van der Waals surface area (Å²) in [6.07, 6.45) is 5.39. The number of likely N-dealkylation sites (N-methyl/N-ethyl adjacent to an activating group) is 1. The van der Waals surface area contributed by atoms with Crippen molar-refractivity contribution in [3.63, 3.8) is 0 Å². The van der Waals surface area contributed by atoms with Crippen molar-refractivity contribution in [2.45, 2.75) is 6.92 Å². The van der Waals surface area contributed by atoms with Gasteiger partial charge in [0.25, 0.3) is 5.91 Å². The van der Waals surface area contributed by atoms with Crippen LogP contribution in [0.3, 0.4) is 0 Å². The van der Waals surface area contributed by atoms with E-state index in [1.807, 2.05) is 49.4 Å². The molecular weight excluding hydrogens is 236 g/mol. The molecule has 1 aliphatic heterocycles. The molecule has 0 saturated carbocycles. The zero-order chi connectivity index (χ0) is 13.2. The van der Waals surface area contributed by atoms with Gasteiger partial charge in [-0.3, -0.25) is 9.78 Å². The zero-order valence-corrected chi connectivity index (χ0v) is 10.7. The van der Waals surface area contributed by atoms with Gasteiger partial charge in [0, 0.05) is 30.1 Å². The Balaban J connectivity index is 2.13. The van der Waals surface area contributed by atoms with Crippen molar-refractivity contribution < 1.29 is 4.79 Å². The molecule has 0 atom stereocenters. The van der Waals surface area contributed by atoms with Crippen molar-refractivity contribution in [3.8, 4) is 0 Å². The van der Waals surface area contributed by atoms with Crippen LogP contribution in [0.15, 0.2) is 48.8 Å². The van der Waals surface area contributed by atoms with Crippen LogP contribution < -0.4 is 4.90 Å². The lowest BCUT2D eigenvalue weighted by atomic mass is 10.1. The van der Waals surface area contributed by atoms with Crippen LogP contribution in [0.25, 0.3) is 11.6 Å². The average molecular weight is 250 g/mol. The lowest BCUT2D eigenvalue weighted by Crippen LogP contribution is -2.25. The highest BCUT2D eigenvalue weighted by Crippen LogP contribution is 2.37. The molecule has 0 unspecified atom stereocenters. The van der Waals surface area contributed by atoms with Gasteiger partial charge in [-0.1, -0.05) is 24.3 Å². The third-order valence-corrected chi connectivity index (χ3v) is 3.27. The van der Waals surface area contributed by atoms with Crippen molar-refractivity contribution in [2.75, 3.05) is 11.4 Å². The molecule has 0 fully saturated rings. The third-order valence-electron chi connectivity index (χ3n) is 3.27. The van der Waals surface area contributed by atoms with Crippen LogP contribution in [-0.2, 0) is 4.79 Å². The summed E-state index contributed by atoms with van der Waals surface area (Å²) in [7, 11) is 0. The molecule has 0 saturated heterocycles. The summed E-state index contributed by atoms with van der Waals surface area (Å²) in [5.74, 6) is 0.0625. The highest BCUT2D eigenvalue weighted by Gasteiger charge is 2.30. The van der Waals surface area contributed by atoms with Gasteiger partial charge in [0.2, 0.25) is 0 Å². The summed E-state index contributed by atoms with van der Waals surface area (Å²) in [5, 5.41) is 0. The first-order valence-electron chi connectivity index (χ1n) is 6.34. The fourth-order valence-corrected chi connectivity index (χ4v) is 2.39. The summed E-state index contributed by atoms with van der Waals surface area (Å²) in [6.45, 7) is 2.67. The van der Waals surface area contributed by atoms with E-state index in [1.54, 1.807) is 17.3 Å². The number of hydrogen-bond donors (Lipinski definition) is 0. The zero-order valence-electron chi connectivity index (χ0n) is 10.7. The molecule has 1 aliphatic rings. The Labute approximate surface area is 112 Å². The standard InChI is InChI=1S/C16H14N2O/c1-2-18-15-8-4-3-7-13(15)14(16(18)19)10-12-6-5-9-17-11-12/h3-11H,2H2,1H3/b14-10+. The molecule has 0 spiro atoms. The fourth-order valence-electron chi connectivity index (χ4n) is 2.39. The Kier molecular flexibility index (Phi) is 2.88. The van der Waals surface area contributed by atoms with Crippen LogP contribution in [0.4, 0.5) is 5.69 Å². The molecular formula is C16H14N2O. The number of carbonyl (C=O) groups is 1. The monoisotopic (exact) mass is 250 g/mol. The first-order valence-corrected chi connectivity index (χ1v) is 6.34. The number of para-hydroxylation sites is 1. The summed E-state index contributed by atoms with van der Waals surface area (Å²) >= 11 is 0. The molecule has 0 N–H and O–H groups in total. The van der Waals surface area contributed by atoms with Gasteiger partial charge >= 0.3 is 0 Å². The van der Waals surface area contributed by atoms with E-state index >= 15 is 0 Å². The SMILES string of the molecule is CCN1C(=O)/C(=C/c2cccnc2)c2ccccc21. The van der Waals surface area contributed by atoms with Gasteiger partial charge < -0.3 is 4.90 Å². The molecule has 0 radical (unpaired) electrons. The molecule has 19 heavy (non-hydrogen) atoms. The molecule has 2 aromatic rings. The smallest absolute Gasteiger partial charge is 0.258 e. The van der Waals surface area contributed by atoms with E-state index < -0.39 is 0 Å². The highest BCUT2D eigenvalue weighted by atomic mass is 16.2. The van der Waals surface area contributed by atoms with Crippen LogP contribution in [0.5, 0.6) is 0 Å². The van der Waals surface area contributed by atoms with Gasteiger partial charge in [-0.15, -0.1) is 0 Å².